The normalized spacial score (nSPS) is 12.7. The van der Waals surface area contributed by atoms with Crippen molar-refractivity contribution in [3.63, 3.8) is 0 Å². The Bertz CT molecular complexity index is 982. The zero-order valence-electron chi connectivity index (χ0n) is 28.5. The van der Waals surface area contributed by atoms with E-state index in [0.29, 0.717) is 10.3 Å². The molecule has 0 amide bonds. The van der Waals surface area contributed by atoms with E-state index in [9.17, 15) is 0 Å². The van der Waals surface area contributed by atoms with Gasteiger partial charge in [-0.2, -0.15) is 0 Å². The summed E-state index contributed by atoms with van der Waals surface area (Å²) in [7, 11) is 4.57. The Labute approximate surface area is 250 Å². The van der Waals surface area contributed by atoms with E-state index >= 15 is 0 Å². The summed E-state index contributed by atoms with van der Waals surface area (Å²) in [5, 5.41) is 4.04. The molecule has 0 saturated heterocycles. The van der Waals surface area contributed by atoms with Gasteiger partial charge in [-0.1, -0.05) is 124 Å². The number of methoxy groups -OCH3 is 3. The van der Waals surface area contributed by atoms with Crippen LogP contribution >= 0.6 is 15.8 Å². The van der Waals surface area contributed by atoms with Gasteiger partial charge in [0.2, 0.25) is 0 Å². The molecule has 0 aliphatic carbocycles. The molecule has 0 radical (unpaired) electrons. The fourth-order valence-electron chi connectivity index (χ4n) is 6.40. The Hall–Kier alpha value is -1.30. The van der Waals surface area contributed by atoms with Gasteiger partial charge in [0, 0.05) is 11.4 Å². The zero-order valence-corrected chi connectivity index (χ0v) is 30.3. The van der Waals surface area contributed by atoms with E-state index in [1.807, 2.05) is 12.1 Å². The highest BCUT2D eigenvalue weighted by Crippen LogP contribution is 2.62. The van der Waals surface area contributed by atoms with Gasteiger partial charge >= 0.3 is 0 Å². The van der Waals surface area contributed by atoms with Crippen LogP contribution in [0.3, 0.4) is 0 Å². The maximum Gasteiger partial charge on any atom is 0.130 e. The summed E-state index contributed by atoms with van der Waals surface area (Å²) in [4.78, 5) is 0. The molecule has 0 aliphatic rings. The molecule has 40 heavy (non-hydrogen) atoms. The second-order valence-corrected chi connectivity index (χ2v) is 21.3. The first-order valence-corrected chi connectivity index (χ1v) is 17.5. The highest BCUT2D eigenvalue weighted by Gasteiger charge is 2.40. The van der Waals surface area contributed by atoms with Gasteiger partial charge in [-0.05, 0) is 63.0 Å². The van der Waals surface area contributed by atoms with Gasteiger partial charge in [0.05, 0.1) is 21.3 Å². The standard InChI is InChI=1S/C19H33OP.C16H27O2P/c1-8-14-18(3,4)21(19(5,6)15-9-2)17-12-10-16(20-7)11-13-17;1-15(2,3)19(16(4,5)6)14-10-9-12(17-7)11-13(14)18-8/h10-13H,8-9,14-15H2,1-7H3;9-11H,1-8H3. The van der Waals surface area contributed by atoms with Crippen molar-refractivity contribution in [2.75, 3.05) is 21.3 Å². The molecule has 3 nitrogen and oxygen atoms in total. The van der Waals surface area contributed by atoms with Crippen LogP contribution in [-0.2, 0) is 0 Å². The summed E-state index contributed by atoms with van der Waals surface area (Å²) < 4.78 is 16.2. The van der Waals surface area contributed by atoms with Crippen LogP contribution in [0.4, 0.5) is 0 Å². The first-order valence-electron chi connectivity index (χ1n) is 14.9. The summed E-state index contributed by atoms with van der Waals surface area (Å²) in [5.41, 5.74) is 0. The van der Waals surface area contributed by atoms with Gasteiger partial charge in [-0.25, -0.2) is 0 Å². The van der Waals surface area contributed by atoms with E-state index in [1.54, 1.807) is 21.3 Å². The maximum absolute atomic E-state index is 5.60. The largest absolute Gasteiger partial charge is 0.497 e. The van der Waals surface area contributed by atoms with Crippen molar-refractivity contribution in [3.8, 4) is 17.2 Å². The van der Waals surface area contributed by atoms with Crippen molar-refractivity contribution in [3.05, 3.63) is 42.5 Å². The van der Waals surface area contributed by atoms with Crippen molar-refractivity contribution in [2.45, 2.75) is 129 Å². The topological polar surface area (TPSA) is 27.7 Å². The van der Waals surface area contributed by atoms with Crippen molar-refractivity contribution < 1.29 is 14.2 Å². The molecule has 5 heteroatoms. The average Bonchev–Trinajstić information content (AvgIpc) is 2.83. The van der Waals surface area contributed by atoms with E-state index in [2.05, 4.69) is 113 Å². The molecule has 0 N–H and O–H groups in total. The molecule has 228 valence electrons. The number of ether oxygens (including phenoxy) is 3. The van der Waals surface area contributed by atoms with Crippen LogP contribution in [-0.4, -0.2) is 42.0 Å². The molecule has 0 atom stereocenters. The van der Waals surface area contributed by atoms with Gasteiger partial charge < -0.3 is 14.2 Å². The first kappa shape index (κ1) is 36.7. The van der Waals surface area contributed by atoms with Crippen LogP contribution < -0.4 is 24.8 Å². The Morgan fingerprint density at radius 1 is 0.550 bits per heavy atom. The highest BCUT2D eigenvalue weighted by molar-refractivity contribution is 7.69. The van der Waals surface area contributed by atoms with Crippen LogP contribution in [0.1, 0.15) is 109 Å². The zero-order chi connectivity index (χ0) is 30.9. The summed E-state index contributed by atoms with van der Waals surface area (Å²) in [6.45, 7) is 28.3. The Balaban J connectivity index is 0.000000402. The molecule has 0 unspecified atom stereocenters. The quantitative estimate of drug-likeness (QED) is 0.244. The van der Waals surface area contributed by atoms with E-state index in [0.717, 1.165) is 17.2 Å². The molecule has 0 saturated carbocycles. The van der Waals surface area contributed by atoms with Crippen LogP contribution in [0.5, 0.6) is 17.2 Å². The molecule has 0 spiro atoms. The average molecular weight is 591 g/mol. The molecular formula is C35H60O3P2. The summed E-state index contributed by atoms with van der Waals surface area (Å²) in [5.74, 6) is 2.74. The Kier molecular flexibility index (Phi) is 14.0. The molecule has 2 aromatic rings. The molecule has 0 aliphatic heterocycles. The van der Waals surface area contributed by atoms with Crippen molar-refractivity contribution in [1.82, 2.24) is 0 Å². The van der Waals surface area contributed by atoms with Gasteiger partial charge in [-0.15, -0.1) is 0 Å². The minimum Gasteiger partial charge on any atom is -0.497 e. The fraction of sp³-hybridized carbons (Fsp3) is 0.657. The smallest absolute Gasteiger partial charge is 0.130 e. The van der Waals surface area contributed by atoms with Crippen molar-refractivity contribution >= 4 is 26.5 Å². The molecule has 0 fully saturated rings. The van der Waals surface area contributed by atoms with Gasteiger partial charge in [0.15, 0.2) is 0 Å². The van der Waals surface area contributed by atoms with Crippen molar-refractivity contribution in [2.24, 2.45) is 0 Å². The monoisotopic (exact) mass is 590 g/mol. The number of benzene rings is 2. The molecule has 0 heterocycles. The second-order valence-electron chi connectivity index (χ2n) is 13.9. The number of hydrogen-bond acceptors (Lipinski definition) is 3. The van der Waals surface area contributed by atoms with E-state index in [-0.39, 0.29) is 26.2 Å². The lowest BCUT2D eigenvalue weighted by atomic mass is 10.1. The lowest BCUT2D eigenvalue weighted by Gasteiger charge is -2.46. The van der Waals surface area contributed by atoms with Crippen LogP contribution in [0.25, 0.3) is 0 Å². The predicted molar refractivity (Wildman–Crippen MR) is 183 cm³/mol. The Morgan fingerprint density at radius 3 is 1.32 bits per heavy atom. The van der Waals surface area contributed by atoms with Gasteiger partial charge in [0.1, 0.15) is 17.2 Å². The van der Waals surface area contributed by atoms with E-state index < -0.39 is 0 Å². The first-order chi connectivity index (χ1) is 18.4. The SMILES string of the molecule is CCCC(C)(C)P(c1ccc(OC)cc1)C(C)(C)CCC.COc1ccc(P(C(C)(C)C)C(C)(C)C)c(OC)c1. The second kappa shape index (κ2) is 15.3. The third-order valence-electron chi connectivity index (χ3n) is 7.23. The third kappa shape index (κ3) is 10.2. The predicted octanol–water partition coefficient (Wildman–Crippen LogP) is 10.4. The van der Waals surface area contributed by atoms with Gasteiger partial charge in [-0.3, -0.25) is 0 Å². The minimum atomic E-state index is -0.362. The summed E-state index contributed by atoms with van der Waals surface area (Å²) in [6.07, 6.45) is 5.09. The van der Waals surface area contributed by atoms with Crippen LogP contribution in [0.2, 0.25) is 0 Å². The Morgan fingerprint density at radius 2 is 0.975 bits per heavy atom. The molecule has 0 bridgehead atoms. The maximum atomic E-state index is 5.60. The molecule has 0 aromatic heterocycles. The molecule has 2 aromatic carbocycles. The van der Waals surface area contributed by atoms with Crippen molar-refractivity contribution in [1.29, 1.82) is 0 Å². The number of hydrogen-bond donors (Lipinski definition) is 0. The van der Waals surface area contributed by atoms with E-state index in [1.165, 1.54) is 36.3 Å². The lowest BCUT2D eigenvalue weighted by Crippen LogP contribution is -2.35. The third-order valence-corrected chi connectivity index (χ3v) is 14.5. The van der Waals surface area contributed by atoms with Gasteiger partial charge in [0.25, 0.3) is 0 Å². The molecular weight excluding hydrogens is 530 g/mol. The fourth-order valence-corrected chi connectivity index (χ4v) is 14.8. The van der Waals surface area contributed by atoms with E-state index in [4.69, 9.17) is 14.2 Å². The number of rotatable bonds is 11. The summed E-state index contributed by atoms with van der Waals surface area (Å²) in [6, 6.07) is 15.0. The van der Waals surface area contributed by atoms with Crippen LogP contribution in [0, 0.1) is 0 Å². The summed E-state index contributed by atoms with van der Waals surface area (Å²) >= 11 is 0. The molecule has 2 rings (SSSR count). The van der Waals surface area contributed by atoms with Crippen LogP contribution in [0.15, 0.2) is 42.5 Å². The lowest BCUT2D eigenvalue weighted by molar-refractivity contribution is 0.396. The minimum absolute atomic E-state index is 0.227. The highest BCUT2D eigenvalue weighted by atomic mass is 31.1.